The maximum atomic E-state index is 13.7. The Morgan fingerprint density at radius 1 is 1.12 bits per heavy atom. The van der Waals surface area contributed by atoms with Gasteiger partial charge in [-0.15, -0.1) is 0 Å². The van der Waals surface area contributed by atoms with Gasteiger partial charge in [-0.25, -0.2) is 4.39 Å². The summed E-state index contributed by atoms with van der Waals surface area (Å²) >= 11 is 0. The van der Waals surface area contributed by atoms with Gasteiger partial charge in [0.1, 0.15) is 5.75 Å². The Hall–Kier alpha value is -2.56. The van der Waals surface area contributed by atoms with Gasteiger partial charge in [0.05, 0.1) is 13.2 Å². The third-order valence-corrected chi connectivity index (χ3v) is 3.73. The highest BCUT2D eigenvalue weighted by atomic mass is 19.1. The number of methoxy groups -OCH3 is 1. The van der Waals surface area contributed by atoms with Gasteiger partial charge in [-0.3, -0.25) is 4.79 Å². The number of carbonyl (C=O) groups excluding carboxylic acids is 1. The normalized spacial score (nSPS) is 13.0. The monoisotopic (exact) mass is 331 g/mol. The predicted molar refractivity (Wildman–Crippen MR) is 90.7 cm³/mol. The van der Waals surface area contributed by atoms with Crippen molar-refractivity contribution in [1.29, 1.82) is 0 Å². The minimum absolute atomic E-state index is 0.0736. The average molecular weight is 331 g/mol. The van der Waals surface area contributed by atoms with E-state index in [0.717, 1.165) is 5.56 Å². The number of carbonyl (C=O) groups is 1. The molecule has 0 spiro atoms. The highest BCUT2D eigenvalue weighted by Gasteiger charge is 2.22. The molecular formula is C19H22FNO3. The molecule has 0 aliphatic carbocycles. The van der Waals surface area contributed by atoms with Crippen molar-refractivity contribution in [1.82, 2.24) is 5.32 Å². The highest BCUT2D eigenvalue weighted by Crippen LogP contribution is 2.25. The van der Waals surface area contributed by atoms with Crippen molar-refractivity contribution in [2.24, 2.45) is 0 Å². The van der Waals surface area contributed by atoms with E-state index in [-0.39, 0.29) is 17.7 Å². The zero-order chi connectivity index (χ0) is 17.5. The third-order valence-electron chi connectivity index (χ3n) is 3.73. The van der Waals surface area contributed by atoms with Gasteiger partial charge in [0, 0.05) is 5.56 Å². The van der Waals surface area contributed by atoms with Crippen LogP contribution < -0.4 is 14.8 Å². The van der Waals surface area contributed by atoms with Crippen LogP contribution in [-0.4, -0.2) is 19.1 Å². The minimum atomic E-state index is -0.765. The standard InChI is InChI=1S/C19H22FNO3/c1-4-16(24-18-12-8-6-10-15(18)20)19(22)21-13(2)14-9-5-7-11-17(14)23-3/h5-13,16H,4H2,1-3H3,(H,21,22)/t13-,16+/m0/s1. The number of ether oxygens (including phenoxy) is 2. The maximum absolute atomic E-state index is 13.7. The summed E-state index contributed by atoms with van der Waals surface area (Å²) in [5, 5.41) is 2.90. The van der Waals surface area contributed by atoms with Crippen molar-refractivity contribution in [2.45, 2.75) is 32.4 Å². The Balaban J connectivity index is 2.07. The van der Waals surface area contributed by atoms with Crippen LogP contribution in [0.25, 0.3) is 0 Å². The molecule has 5 heteroatoms. The summed E-state index contributed by atoms with van der Waals surface area (Å²) in [6, 6.07) is 13.3. The molecule has 2 rings (SSSR count). The van der Waals surface area contributed by atoms with E-state index in [2.05, 4.69) is 5.32 Å². The molecule has 24 heavy (non-hydrogen) atoms. The van der Waals surface area contributed by atoms with Gasteiger partial charge in [0.2, 0.25) is 0 Å². The lowest BCUT2D eigenvalue weighted by Gasteiger charge is -2.22. The molecule has 0 aromatic heterocycles. The fraction of sp³-hybridized carbons (Fsp3) is 0.316. The van der Waals surface area contributed by atoms with E-state index in [0.29, 0.717) is 12.2 Å². The Morgan fingerprint density at radius 2 is 1.75 bits per heavy atom. The third kappa shape index (κ3) is 4.25. The molecule has 0 saturated heterocycles. The SMILES string of the molecule is CC[C@@H](Oc1ccccc1F)C(=O)N[C@@H](C)c1ccccc1OC. The van der Waals surface area contributed by atoms with E-state index in [4.69, 9.17) is 9.47 Å². The lowest BCUT2D eigenvalue weighted by Crippen LogP contribution is -2.39. The number of nitrogens with one attached hydrogen (secondary N) is 1. The zero-order valence-electron chi connectivity index (χ0n) is 14.1. The first-order valence-electron chi connectivity index (χ1n) is 7.91. The summed E-state index contributed by atoms with van der Waals surface area (Å²) in [7, 11) is 1.59. The highest BCUT2D eigenvalue weighted by molar-refractivity contribution is 5.81. The van der Waals surface area contributed by atoms with Crippen LogP contribution in [0.3, 0.4) is 0 Å². The second kappa shape index (κ2) is 8.34. The first kappa shape index (κ1) is 17.8. The number of hydrogen-bond donors (Lipinski definition) is 1. The fourth-order valence-electron chi connectivity index (χ4n) is 2.42. The summed E-state index contributed by atoms with van der Waals surface area (Å²) in [6.45, 7) is 3.68. The zero-order valence-corrected chi connectivity index (χ0v) is 14.1. The molecule has 1 N–H and O–H groups in total. The number of hydrogen-bond acceptors (Lipinski definition) is 3. The summed E-state index contributed by atoms with van der Waals surface area (Å²) in [5.41, 5.74) is 0.870. The van der Waals surface area contributed by atoms with Crippen molar-refractivity contribution in [2.75, 3.05) is 7.11 Å². The van der Waals surface area contributed by atoms with Crippen LogP contribution in [0.5, 0.6) is 11.5 Å². The van der Waals surface area contributed by atoms with E-state index < -0.39 is 11.9 Å². The second-order valence-corrected chi connectivity index (χ2v) is 5.42. The van der Waals surface area contributed by atoms with Crippen LogP contribution in [0.15, 0.2) is 48.5 Å². The molecule has 128 valence electrons. The molecule has 0 aliphatic rings. The Bertz CT molecular complexity index is 690. The van der Waals surface area contributed by atoms with Crippen LogP contribution in [0, 0.1) is 5.82 Å². The predicted octanol–water partition coefficient (Wildman–Crippen LogP) is 3.87. The Kier molecular flexibility index (Phi) is 6.18. The lowest BCUT2D eigenvalue weighted by atomic mass is 10.1. The van der Waals surface area contributed by atoms with Gasteiger partial charge in [-0.2, -0.15) is 0 Å². The number of benzene rings is 2. The van der Waals surface area contributed by atoms with Crippen LogP contribution >= 0.6 is 0 Å². The van der Waals surface area contributed by atoms with Gasteiger partial charge in [0.15, 0.2) is 17.7 Å². The fourth-order valence-corrected chi connectivity index (χ4v) is 2.42. The first-order valence-corrected chi connectivity index (χ1v) is 7.91. The van der Waals surface area contributed by atoms with E-state index in [1.807, 2.05) is 38.1 Å². The van der Waals surface area contributed by atoms with Crippen molar-refractivity contribution >= 4 is 5.91 Å². The van der Waals surface area contributed by atoms with Crippen molar-refractivity contribution in [3.05, 3.63) is 59.9 Å². The summed E-state index contributed by atoms with van der Waals surface area (Å²) < 4.78 is 24.5. The van der Waals surface area contributed by atoms with E-state index in [1.54, 1.807) is 19.2 Å². The molecule has 0 aliphatic heterocycles. The number of amides is 1. The molecule has 0 saturated carbocycles. The molecule has 2 atom stereocenters. The van der Waals surface area contributed by atoms with Crippen molar-refractivity contribution < 1.29 is 18.7 Å². The maximum Gasteiger partial charge on any atom is 0.261 e. The second-order valence-electron chi connectivity index (χ2n) is 5.42. The quantitative estimate of drug-likeness (QED) is 0.838. The van der Waals surface area contributed by atoms with Gasteiger partial charge >= 0.3 is 0 Å². The molecule has 0 fully saturated rings. The van der Waals surface area contributed by atoms with Gasteiger partial charge in [-0.1, -0.05) is 37.3 Å². The molecule has 0 bridgehead atoms. The van der Waals surface area contributed by atoms with Crippen LogP contribution in [0.2, 0.25) is 0 Å². The molecule has 4 nitrogen and oxygen atoms in total. The summed E-state index contributed by atoms with van der Waals surface area (Å²) in [5.74, 6) is -0.00139. The van der Waals surface area contributed by atoms with E-state index in [9.17, 15) is 9.18 Å². The first-order chi connectivity index (χ1) is 11.6. The summed E-state index contributed by atoms with van der Waals surface area (Å²) in [4.78, 5) is 12.5. The van der Waals surface area contributed by atoms with Gasteiger partial charge < -0.3 is 14.8 Å². The number of para-hydroxylation sites is 2. The largest absolute Gasteiger partial charge is 0.496 e. The van der Waals surface area contributed by atoms with Crippen molar-refractivity contribution in [3.63, 3.8) is 0 Å². The average Bonchev–Trinajstić information content (AvgIpc) is 2.60. The van der Waals surface area contributed by atoms with E-state index >= 15 is 0 Å². The van der Waals surface area contributed by atoms with Crippen LogP contribution in [0.1, 0.15) is 31.9 Å². The minimum Gasteiger partial charge on any atom is -0.496 e. The lowest BCUT2D eigenvalue weighted by molar-refractivity contribution is -0.128. The molecule has 2 aromatic rings. The van der Waals surface area contributed by atoms with Gasteiger partial charge in [0.25, 0.3) is 5.91 Å². The Morgan fingerprint density at radius 3 is 2.38 bits per heavy atom. The molecule has 0 radical (unpaired) electrons. The van der Waals surface area contributed by atoms with Crippen LogP contribution in [0.4, 0.5) is 4.39 Å². The smallest absolute Gasteiger partial charge is 0.261 e. The van der Waals surface area contributed by atoms with E-state index in [1.165, 1.54) is 12.1 Å². The van der Waals surface area contributed by atoms with Crippen LogP contribution in [-0.2, 0) is 4.79 Å². The number of halogens is 1. The molecule has 1 amide bonds. The molecule has 0 heterocycles. The summed E-state index contributed by atoms with van der Waals surface area (Å²) in [6.07, 6.45) is -0.335. The van der Waals surface area contributed by atoms with Gasteiger partial charge in [-0.05, 0) is 31.5 Å². The number of rotatable bonds is 7. The topological polar surface area (TPSA) is 47.6 Å². The molecular weight excluding hydrogens is 309 g/mol. The molecule has 2 aromatic carbocycles. The molecule has 0 unspecified atom stereocenters. The Labute approximate surface area is 141 Å². The van der Waals surface area contributed by atoms with Crippen molar-refractivity contribution in [3.8, 4) is 11.5 Å².